The lowest BCUT2D eigenvalue weighted by molar-refractivity contribution is -0.115. The third-order valence-corrected chi connectivity index (χ3v) is 6.23. The lowest BCUT2D eigenvalue weighted by Gasteiger charge is -2.28. The van der Waals surface area contributed by atoms with E-state index >= 15 is 0 Å². The highest BCUT2D eigenvalue weighted by molar-refractivity contribution is 5.92. The number of rotatable bonds is 11. The Morgan fingerprint density at radius 2 is 1.74 bits per heavy atom. The molecule has 0 bridgehead atoms. The van der Waals surface area contributed by atoms with Crippen LogP contribution in [-0.2, 0) is 16.1 Å². The highest BCUT2D eigenvalue weighted by atomic mass is 16.5. The summed E-state index contributed by atoms with van der Waals surface area (Å²) >= 11 is 0. The molecule has 5 rings (SSSR count). The summed E-state index contributed by atoms with van der Waals surface area (Å²) < 4.78 is 7.45. The van der Waals surface area contributed by atoms with Gasteiger partial charge in [-0.2, -0.15) is 0 Å². The summed E-state index contributed by atoms with van der Waals surface area (Å²) in [5.74, 6) is 0.451. The van der Waals surface area contributed by atoms with Gasteiger partial charge in [-0.1, -0.05) is 12.1 Å². The quantitative estimate of drug-likeness (QED) is 0.262. The number of imidazole rings is 1. The van der Waals surface area contributed by atoms with Crippen LogP contribution in [0.25, 0.3) is 11.3 Å². The number of carbonyl (C=O) groups is 1. The predicted octanol–water partition coefficient (Wildman–Crippen LogP) is 3.54. The minimum atomic E-state index is -0.0754. The topological polar surface area (TPSA) is 109 Å². The second-order valence-electron chi connectivity index (χ2n) is 8.99. The summed E-state index contributed by atoms with van der Waals surface area (Å²) in [7, 11) is 0. The average molecular weight is 513 g/mol. The maximum atomic E-state index is 12.3. The van der Waals surface area contributed by atoms with Crippen molar-refractivity contribution in [3.8, 4) is 11.3 Å². The third kappa shape index (κ3) is 7.15. The number of nitrogens with zero attached hydrogens (tertiary/aromatic N) is 5. The van der Waals surface area contributed by atoms with E-state index in [9.17, 15) is 4.79 Å². The fourth-order valence-electron chi connectivity index (χ4n) is 4.22. The number of hydrogen-bond acceptors (Lipinski definition) is 8. The molecule has 0 spiro atoms. The molecule has 0 unspecified atom stereocenters. The van der Waals surface area contributed by atoms with E-state index in [0.717, 1.165) is 68.4 Å². The van der Waals surface area contributed by atoms with Gasteiger partial charge >= 0.3 is 0 Å². The van der Waals surface area contributed by atoms with Crippen molar-refractivity contribution < 1.29 is 9.53 Å². The third-order valence-electron chi connectivity index (χ3n) is 6.23. The highest BCUT2D eigenvalue weighted by Crippen LogP contribution is 2.23. The summed E-state index contributed by atoms with van der Waals surface area (Å²) in [6, 6.07) is 17.8. The molecular formula is C28H32N8O2. The van der Waals surface area contributed by atoms with Crippen LogP contribution in [-0.4, -0.2) is 64.8 Å². The first kappa shape index (κ1) is 25.4. The van der Waals surface area contributed by atoms with Gasteiger partial charge in [-0.25, -0.2) is 15.0 Å². The van der Waals surface area contributed by atoms with E-state index in [-0.39, 0.29) is 12.5 Å². The second kappa shape index (κ2) is 12.8. The first-order valence-electron chi connectivity index (χ1n) is 12.8. The number of hydrogen-bond donors (Lipinski definition) is 3. The summed E-state index contributed by atoms with van der Waals surface area (Å²) in [4.78, 5) is 27.6. The Morgan fingerprint density at radius 1 is 0.947 bits per heavy atom. The molecule has 196 valence electrons. The first-order valence-corrected chi connectivity index (χ1v) is 12.8. The Balaban J connectivity index is 1.10. The fourth-order valence-corrected chi connectivity index (χ4v) is 4.22. The summed E-state index contributed by atoms with van der Waals surface area (Å²) in [6.45, 7) is 5.23. The Bertz CT molecular complexity index is 1290. The van der Waals surface area contributed by atoms with Crippen molar-refractivity contribution in [2.75, 3.05) is 54.9 Å². The van der Waals surface area contributed by atoms with E-state index in [2.05, 4.69) is 47.9 Å². The molecule has 10 heteroatoms. The van der Waals surface area contributed by atoms with Crippen molar-refractivity contribution in [2.45, 2.75) is 13.0 Å². The van der Waals surface area contributed by atoms with E-state index in [4.69, 9.17) is 4.74 Å². The van der Waals surface area contributed by atoms with Gasteiger partial charge in [-0.3, -0.25) is 4.79 Å². The lowest BCUT2D eigenvalue weighted by atomic mass is 10.1. The number of amides is 1. The lowest BCUT2D eigenvalue weighted by Crippen LogP contribution is -2.36. The molecule has 3 N–H and O–H groups in total. The van der Waals surface area contributed by atoms with Gasteiger partial charge in [0.2, 0.25) is 11.9 Å². The molecule has 1 aliphatic rings. The molecule has 38 heavy (non-hydrogen) atoms. The summed E-state index contributed by atoms with van der Waals surface area (Å²) in [5, 5.41) is 9.38. The average Bonchev–Trinajstić information content (AvgIpc) is 3.48. The van der Waals surface area contributed by atoms with E-state index in [1.165, 1.54) is 5.69 Å². The zero-order chi connectivity index (χ0) is 26.0. The Kier molecular flexibility index (Phi) is 8.54. The van der Waals surface area contributed by atoms with E-state index in [0.29, 0.717) is 5.95 Å². The van der Waals surface area contributed by atoms with E-state index < -0.39 is 0 Å². The van der Waals surface area contributed by atoms with Crippen molar-refractivity contribution in [1.82, 2.24) is 24.8 Å². The fraction of sp³-hybridized carbons (Fsp3) is 0.286. The minimum absolute atomic E-state index is 0.0754. The normalized spacial score (nSPS) is 13.3. The van der Waals surface area contributed by atoms with Gasteiger partial charge in [0, 0.05) is 60.9 Å². The smallest absolute Gasteiger partial charge is 0.238 e. The van der Waals surface area contributed by atoms with Gasteiger partial charge in [0.25, 0.3) is 0 Å². The van der Waals surface area contributed by atoms with Crippen molar-refractivity contribution in [3.05, 3.63) is 79.5 Å². The van der Waals surface area contributed by atoms with Crippen LogP contribution in [0.2, 0.25) is 0 Å². The predicted molar refractivity (Wildman–Crippen MR) is 149 cm³/mol. The Hall–Kier alpha value is -4.28. The molecule has 3 heterocycles. The molecular weight excluding hydrogens is 480 g/mol. The zero-order valence-electron chi connectivity index (χ0n) is 21.2. The minimum Gasteiger partial charge on any atom is -0.378 e. The van der Waals surface area contributed by atoms with Crippen LogP contribution in [0.1, 0.15) is 6.42 Å². The molecule has 1 saturated heterocycles. The summed E-state index contributed by atoms with van der Waals surface area (Å²) in [6.07, 6.45) is 8.15. The molecule has 4 aromatic rings. The number of anilines is 4. The molecule has 0 radical (unpaired) electrons. The molecule has 1 fully saturated rings. The maximum absolute atomic E-state index is 12.3. The monoisotopic (exact) mass is 512 g/mol. The van der Waals surface area contributed by atoms with Crippen LogP contribution in [0.4, 0.5) is 23.0 Å². The van der Waals surface area contributed by atoms with E-state index in [1.54, 1.807) is 18.7 Å². The van der Waals surface area contributed by atoms with Gasteiger partial charge in [-0.15, -0.1) is 0 Å². The Labute approximate surface area is 222 Å². The van der Waals surface area contributed by atoms with Crippen LogP contribution in [0.3, 0.4) is 0 Å². The second-order valence-corrected chi connectivity index (χ2v) is 8.99. The molecule has 1 amide bonds. The standard InChI is InChI=1S/C28H32N8O2/c37-27(20-29-11-1-14-35-15-13-30-21-35)32-23-4-2-22(3-5-23)26-10-12-31-28(34-26)33-24-6-8-25(9-7-24)36-16-18-38-19-17-36/h2-10,12-13,15,21,29H,1,11,14,16-20H2,(H,32,37)(H,31,33,34). The molecule has 2 aromatic carbocycles. The van der Waals surface area contributed by atoms with Gasteiger partial charge in [-0.05, 0) is 55.4 Å². The number of ether oxygens (including phenoxy) is 1. The van der Waals surface area contributed by atoms with Gasteiger partial charge in [0.05, 0.1) is 31.8 Å². The largest absolute Gasteiger partial charge is 0.378 e. The number of benzene rings is 2. The van der Waals surface area contributed by atoms with Gasteiger partial charge < -0.3 is 30.2 Å². The first-order chi connectivity index (χ1) is 18.7. The Morgan fingerprint density at radius 3 is 2.50 bits per heavy atom. The van der Waals surface area contributed by atoms with Crippen LogP contribution in [0, 0.1) is 0 Å². The molecule has 1 aliphatic heterocycles. The number of aromatic nitrogens is 4. The van der Waals surface area contributed by atoms with Gasteiger partial charge in [0.15, 0.2) is 0 Å². The van der Waals surface area contributed by atoms with Crippen molar-refractivity contribution in [1.29, 1.82) is 0 Å². The van der Waals surface area contributed by atoms with Crippen LogP contribution >= 0.6 is 0 Å². The van der Waals surface area contributed by atoms with Gasteiger partial charge in [0.1, 0.15) is 0 Å². The maximum Gasteiger partial charge on any atom is 0.238 e. The molecule has 0 saturated carbocycles. The number of morpholine rings is 1. The molecule has 0 aliphatic carbocycles. The SMILES string of the molecule is O=C(CNCCCn1ccnc1)Nc1ccc(-c2ccnc(Nc3ccc(N4CCOCC4)cc3)n2)cc1. The number of carbonyl (C=O) groups excluding carboxylic acids is 1. The van der Waals surface area contributed by atoms with Crippen molar-refractivity contribution in [3.63, 3.8) is 0 Å². The molecule has 2 aromatic heterocycles. The highest BCUT2D eigenvalue weighted by Gasteiger charge is 2.11. The van der Waals surface area contributed by atoms with Crippen molar-refractivity contribution >= 4 is 28.9 Å². The zero-order valence-corrected chi connectivity index (χ0v) is 21.2. The molecule has 0 atom stereocenters. The number of aryl methyl sites for hydroxylation is 1. The van der Waals surface area contributed by atoms with Crippen LogP contribution < -0.4 is 20.9 Å². The van der Waals surface area contributed by atoms with E-state index in [1.807, 2.05) is 53.2 Å². The summed E-state index contributed by atoms with van der Waals surface area (Å²) in [5.41, 5.74) is 4.58. The number of nitrogens with one attached hydrogen (secondary N) is 3. The van der Waals surface area contributed by atoms with Crippen LogP contribution in [0.5, 0.6) is 0 Å². The van der Waals surface area contributed by atoms with Crippen molar-refractivity contribution in [2.24, 2.45) is 0 Å². The van der Waals surface area contributed by atoms with Crippen LogP contribution in [0.15, 0.2) is 79.5 Å². The molecule has 10 nitrogen and oxygen atoms in total.